The van der Waals surface area contributed by atoms with E-state index >= 15 is 0 Å². The predicted molar refractivity (Wildman–Crippen MR) is 70.9 cm³/mol. The maximum absolute atomic E-state index is 10.5. The average molecular weight is 280 g/mol. The number of aliphatic hydroxyl groups excluding tert-OH is 1. The lowest BCUT2D eigenvalue weighted by Gasteiger charge is -2.26. The van der Waals surface area contributed by atoms with Gasteiger partial charge < -0.3 is 24.1 Å². The summed E-state index contributed by atoms with van der Waals surface area (Å²) in [6.45, 7) is 3.70. The molecule has 1 aromatic rings. The Kier molecular flexibility index (Phi) is 3.56. The van der Waals surface area contributed by atoms with Crippen molar-refractivity contribution in [1.82, 2.24) is 0 Å². The van der Waals surface area contributed by atoms with Crippen LogP contribution in [-0.2, 0) is 18.9 Å². The lowest BCUT2D eigenvalue weighted by Crippen LogP contribution is -2.34. The molecule has 0 saturated carbocycles. The summed E-state index contributed by atoms with van der Waals surface area (Å²) in [6.07, 6.45) is -2.47. The Hall–Kier alpha value is -0.980. The van der Waals surface area contributed by atoms with Gasteiger partial charge in [-0.2, -0.15) is 0 Å². The lowest BCUT2D eigenvalue weighted by atomic mass is 9.99. The lowest BCUT2D eigenvalue weighted by molar-refractivity contribution is -0.237. The summed E-state index contributed by atoms with van der Waals surface area (Å²) in [7, 11) is 1.56. The number of aliphatic hydroxyl groups is 1. The molecule has 3 rings (SSSR count). The van der Waals surface area contributed by atoms with Crippen molar-refractivity contribution in [2.24, 2.45) is 0 Å². The van der Waals surface area contributed by atoms with Gasteiger partial charge >= 0.3 is 0 Å². The van der Waals surface area contributed by atoms with Gasteiger partial charge in [0, 0.05) is 7.11 Å². The molecule has 1 aromatic carbocycles. The number of rotatable bonds is 3. The minimum absolute atomic E-state index is 0.321. The molecule has 5 heteroatoms. The molecule has 5 nitrogen and oxygen atoms in total. The first kappa shape index (κ1) is 14.0. The van der Waals surface area contributed by atoms with Crippen molar-refractivity contribution in [2.45, 2.75) is 50.3 Å². The summed E-state index contributed by atoms with van der Waals surface area (Å²) in [5, 5.41) is 10.5. The van der Waals surface area contributed by atoms with E-state index in [0.29, 0.717) is 0 Å². The number of fused-ring (bicyclic) bond motifs is 1. The quantitative estimate of drug-likeness (QED) is 0.911. The highest BCUT2D eigenvalue weighted by atomic mass is 16.8. The van der Waals surface area contributed by atoms with Crippen LogP contribution in [0.3, 0.4) is 0 Å². The van der Waals surface area contributed by atoms with Crippen molar-refractivity contribution in [1.29, 1.82) is 0 Å². The van der Waals surface area contributed by atoms with Crippen LogP contribution in [0.1, 0.15) is 25.5 Å². The molecular formula is C15H20O5. The van der Waals surface area contributed by atoms with Crippen LogP contribution >= 0.6 is 0 Å². The summed E-state index contributed by atoms with van der Waals surface area (Å²) in [5.74, 6) is -0.690. The van der Waals surface area contributed by atoms with E-state index in [4.69, 9.17) is 18.9 Å². The number of ether oxygens (including phenoxy) is 4. The topological polar surface area (TPSA) is 57.2 Å². The first-order chi connectivity index (χ1) is 9.52. The highest BCUT2D eigenvalue weighted by molar-refractivity contribution is 5.20. The summed E-state index contributed by atoms with van der Waals surface area (Å²) < 4.78 is 22.7. The Morgan fingerprint density at radius 3 is 2.45 bits per heavy atom. The Morgan fingerprint density at radius 1 is 1.15 bits per heavy atom. The Balaban J connectivity index is 1.83. The van der Waals surface area contributed by atoms with Crippen LogP contribution in [0.25, 0.3) is 0 Å². The molecule has 2 saturated heterocycles. The van der Waals surface area contributed by atoms with Gasteiger partial charge in [0.1, 0.15) is 24.4 Å². The van der Waals surface area contributed by atoms with Crippen molar-refractivity contribution < 1.29 is 24.1 Å². The fraction of sp³-hybridized carbons (Fsp3) is 0.600. The van der Waals surface area contributed by atoms with E-state index < -0.39 is 24.3 Å². The van der Waals surface area contributed by atoms with Gasteiger partial charge in [0.25, 0.3) is 0 Å². The minimum Gasteiger partial charge on any atom is -0.386 e. The number of methoxy groups -OCH3 is 1. The van der Waals surface area contributed by atoms with Crippen LogP contribution in [0.2, 0.25) is 0 Å². The first-order valence-electron chi connectivity index (χ1n) is 6.79. The number of benzene rings is 1. The van der Waals surface area contributed by atoms with Gasteiger partial charge in [-0.1, -0.05) is 30.3 Å². The standard InChI is InChI=1S/C15H20O5/c1-15(2)19-12-11(18-14(17-3)13(12)20-15)10(16)9-7-5-4-6-8-9/h4-8,10-14,16H,1-3H3/t10-,11+,12+,13+,14+/m0/s1. The minimum atomic E-state index is -0.777. The van der Waals surface area contributed by atoms with Crippen molar-refractivity contribution in [3.8, 4) is 0 Å². The van der Waals surface area contributed by atoms with Gasteiger partial charge in [-0.15, -0.1) is 0 Å². The zero-order valence-electron chi connectivity index (χ0n) is 11.9. The molecule has 0 radical (unpaired) electrons. The Labute approximate surface area is 118 Å². The van der Waals surface area contributed by atoms with Crippen molar-refractivity contribution in [3.05, 3.63) is 35.9 Å². The zero-order valence-corrected chi connectivity index (χ0v) is 11.9. The van der Waals surface area contributed by atoms with E-state index in [2.05, 4.69) is 0 Å². The van der Waals surface area contributed by atoms with E-state index in [1.54, 1.807) is 7.11 Å². The SMILES string of the molecule is CO[C@@H]1O[C@H]([C@@H](O)c2ccccc2)[C@H]2OC(C)(C)O[C@@H]12. The molecule has 20 heavy (non-hydrogen) atoms. The molecule has 0 unspecified atom stereocenters. The number of hydrogen-bond donors (Lipinski definition) is 1. The predicted octanol–water partition coefficient (Wildman–Crippen LogP) is 1.61. The van der Waals surface area contributed by atoms with Crippen LogP contribution in [0.4, 0.5) is 0 Å². The molecule has 0 aromatic heterocycles. The van der Waals surface area contributed by atoms with E-state index in [1.165, 1.54) is 0 Å². The second kappa shape index (κ2) is 5.09. The van der Waals surface area contributed by atoms with Gasteiger partial charge in [0.2, 0.25) is 0 Å². The van der Waals surface area contributed by atoms with Crippen LogP contribution < -0.4 is 0 Å². The van der Waals surface area contributed by atoms with Gasteiger partial charge in [-0.3, -0.25) is 0 Å². The largest absolute Gasteiger partial charge is 0.386 e. The molecule has 110 valence electrons. The van der Waals surface area contributed by atoms with Crippen molar-refractivity contribution >= 4 is 0 Å². The molecular weight excluding hydrogens is 260 g/mol. The van der Waals surface area contributed by atoms with E-state index in [1.807, 2.05) is 44.2 Å². The Morgan fingerprint density at radius 2 is 1.80 bits per heavy atom. The zero-order chi connectivity index (χ0) is 14.3. The van der Waals surface area contributed by atoms with Crippen LogP contribution in [0.15, 0.2) is 30.3 Å². The van der Waals surface area contributed by atoms with Crippen LogP contribution in [0.5, 0.6) is 0 Å². The summed E-state index contributed by atoms with van der Waals surface area (Å²) >= 11 is 0. The average Bonchev–Trinajstić information content (AvgIpc) is 2.92. The third-order valence-corrected chi connectivity index (χ3v) is 3.73. The number of hydrogen-bond acceptors (Lipinski definition) is 5. The van der Waals surface area contributed by atoms with Gasteiger partial charge in [0.15, 0.2) is 12.1 Å². The Bertz CT molecular complexity index is 461. The molecule has 1 N–H and O–H groups in total. The van der Waals surface area contributed by atoms with Crippen LogP contribution in [0, 0.1) is 0 Å². The fourth-order valence-corrected chi connectivity index (χ4v) is 2.88. The molecule has 0 aliphatic carbocycles. The van der Waals surface area contributed by atoms with Gasteiger partial charge in [-0.25, -0.2) is 0 Å². The monoisotopic (exact) mass is 280 g/mol. The molecule has 2 fully saturated rings. The summed E-state index contributed by atoms with van der Waals surface area (Å²) in [6, 6.07) is 9.41. The van der Waals surface area contributed by atoms with Crippen LogP contribution in [-0.4, -0.2) is 42.6 Å². The summed E-state index contributed by atoms with van der Waals surface area (Å²) in [5.41, 5.74) is 0.793. The summed E-state index contributed by atoms with van der Waals surface area (Å²) in [4.78, 5) is 0. The normalized spacial score (nSPS) is 36.8. The molecule has 2 aliphatic rings. The maximum atomic E-state index is 10.5. The second-order valence-electron chi connectivity index (χ2n) is 5.63. The smallest absolute Gasteiger partial charge is 0.186 e. The third kappa shape index (κ3) is 2.36. The van der Waals surface area contributed by atoms with E-state index in [-0.39, 0.29) is 12.2 Å². The van der Waals surface area contributed by atoms with Gasteiger partial charge in [0.05, 0.1) is 0 Å². The molecule has 0 bridgehead atoms. The maximum Gasteiger partial charge on any atom is 0.186 e. The highest BCUT2D eigenvalue weighted by Gasteiger charge is 2.57. The molecule has 0 spiro atoms. The second-order valence-corrected chi connectivity index (χ2v) is 5.63. The molecule has 5 atom stereocenters. The van der Waals surface area contributed by atoms with Crippen molar-refractivity contribution in [3.63, 3.8) is 0 Å². The molecule has 0 amide bonds. The molecule has 2 heterocycles. The highest BCUT2D eigenvalue weighted by Crippen LogP contribution is 2.42. The van der Waals surface area contributed by atoms with Crippen molar-refractivity contribution in [2.75, 3.05) is 7.11 Å². The van der Waals surface area contributed by atoms with E-state index in [9.17, 15) is 5.11 Å². The fourth-order valence-electron chi connectivity index (χ4n) is 2.88. The first-order valence-corrected chi connectivity index (χ1v) is 6.79. The third-order valence-electron chi connectivity index (χ3n) is 3.73. The molecule has 2 aliphatic heterocycles. The van der Waals surface area contributed by atoms with E-state index in [0.717, 1.165) is 5.56 Å². The van der Waals surface area contributed by atoms with Gasteiger partial charge in [-0.05, 0) is 19.4 Å².